The predicted octanol–water partition coefficient (Wildman–Crippen LogP) is 1.43. The van der Waals surface area contributed by atoms with Crippen LogP contribution in [0.15, 0.2) is 18.7 Å². The normalized spacial score (nSPS) is 11.1. The van der Waals surface area contributed by atoms with Crippen LogP contribution in [0, 0.1) is 0 Å². The van der Waals surface area contributed by atoms with E-state index in [1.165, 1.54) is 5.56 Å². The van der Waals surface area contributed by atoms with Crippen molar-refractivity contribution in [3.05, 3.63) is 30.1 Å². The van der Waals surface area contributed by atoms with E-state index in [0.717, 1.165) is 38.3 Å². The van der Waals surface area contributed by atoms with Crippen LogP contribution in [-0.4, -0.2) is 31.1 Å². The van der Waals surface area contributed by atoms with Gasteiger partial charge in [0.2, 0.25) is 0 Å². The fraction of sp³-hybridized carbons (Fsp3) is 0.615. The van der Waals surface area contributed by atoms with Gasteiger partial charge in [0.25, 0.3) is 0 Å². The van der Waals surface area contributed by atoms with Crippen LogP contribution < -0.4 is 5.32 Å². The van der Waals surface area contributed by atoms with Crippen LogP contribution in [0.25, 0.3) is 0 Å². The Morgan fingerprint density at radius 1 is 1.21 bits per heavy atom. The maximum atomic E-state index is 4.37. The van der Waals surface area contributed by atoms with E-state index in [1.54, 1.807) is 6.33 Å². The fourth-order valence-electron chi connectivity index (χ4n) is 1.95. The van der Waals surface area contributed by atoms with Crippen molar-refractivity contribution in [3.63, 3.8) is 0 Å². The highest BCUT2D eigenvalue weighted by atomic mass is 15.4. The number of rotatable bonds is 8. The third-order valence-electron chi connectivity index (χ3n) is 2.88. The average Bonchev–Trinajstić information content (AvgIpc) is 3.02. The second kappa shape index (κ2) is 7.04. The van der Waals surface area contributed by atoms with Gasteiger partial charge < -0.3 is 5.32 Å². The van der Waals surface area contributed by atoms with Gasteiger partial charge in [0.15, 0.2) is 0 Å². The van der Waals surface area contributed by atoms with Crippen LogP contribution >= 0.6 is 0 Å². The Morgan fingerprint density at radius 2 is 2.11 bits per heavy atom. The van der Waals surface area contributed by atoms with E-state index in [9.17, 15) is 0 Å². The molecule has 0 aliphatic rings. The summed E-state index contributed by atoms with van der Waals surface area (Å²) in [5, 5.41) is 12.0. The Bertz CT molecular complexity index is 487. The molecule has 0 amide bonds. The molecule has 6 nitrogen and oxygen atoms in total. The lowest BCUT2D eigenvalue weighted by molar-refractivity contribution is 0.539. The summed E-state index contributed by atoms with van der Waals surface area (Å²) in [4.78, 5) is 4.29. The maximum absolute atomic E-state index is 4.37. The van der Waals surface area contributed by atoms with Crippen molar-refractivity contribution < 1.29 is 0 Å². The largest absolute Gasteiger partial charge is 0.313 e. The van der Waals surface area contributed by atoms with Crippen LogP contribution in [-0.2, 0) is 19.6 Å². The first-order chi connectivity index (χ1) is 9.33. The van der Waals surface area contributed by atoms with Gasteiger partial charge in [0.1, 0.15) is 18.7 Å². The van der Waals surface area contributed by atoms with Crippen molar-refractivity contribution in [1.29, 1.82) is 0 Å². The van der Waals surface area contributed by atoms with E-state index < -0.39 is 0 Å². The SMILES string of the molecule is CCCNCc1cnn(Cc2ncnn2CCC)c1. The molecule has 2 rings (SSSR count). The highest BCUT2D eigenvalue weighted by molar-refractivity contribution is 5.04. The molecule has 0 fully saturated rings. The standard InChI is InChI=1S/C13H22N6/c1-3-5-14-7-12-8-16-18(9-12)10-13-15-11-17-19(13)6-4-2/h8-9,11,14H,3-7,10H2,1-2H3. The number of nitrogens with zero attached hydrogens (tertiary/aromatic N) is 5. The second-order valence-corrected chi connectivity index (χ2v) is 4.62. The Kier molecular flexibility index (Phi) is 5.09. The molecular formula is C13H22N6. The molecule has 2 aromatic rings. The molecule has 2 aromatic heterocycles. The van der Waals surface area contributed by atoms with Gasteiger partial charge in [-0.1, -0.05) is 13.8 Å². The summed E-state index contributed by atoms with van der Waals surface area (Å²) in [7, 11) is 0. The number of nitrogens with one attached hydrogen (secondary N) is 1. The lowest BCUT2D eigenvalue weighted by Crippen LogP contribution is -2.13. The van der Waals surface area contributed by atoms with Crippen molar-refractivity contribution in [2.75, 3.05) is 6.54 Å². The molecule has 0 atom stereocenters. The molecule has 0 radical (unpaired) electrons. The lowest BCUT2D eigenvalue weighted by Gasteiger charge is -2.04. The molecule has 0 saturated carbocycles. The van der Waals surface area contributed by atoms with E-state index in [2.05, 4.69) is 40.5 Å². The molecule has 2 heterocycles. The third-order valence-corrected chi connectivity index (χ3v) is 2.88. The monoisotopic (exact) mass is 262 g/mol. The van der Waals surface area contributed by atoms with Gasteiger partial charge in [-0.15, -0.1) is 0 Å². The number of aryl methyl sites for hydroxylation is 1. The minimum absolute atomic E-state index is 0.674. The maximum Gasteiger partial charge on any atom is 0.148 e. The first kappa shape index (κ1) is 13.7. The molecule has 0 spiro atoms. The molecule has 0 unspecified atom stereocenters. The molecule has 1 N–H and O–H groups in total. The van der Waals surface area contributed by atoms with Crippen LogP contribution in [0.2, 0.25) is 0 Å². The molecular weight excluding hydrogens is 240 g/mol. The minimum Gasteiger partial charge on any atom is -0.313 e. The topological polar surface area (TPSA) is 60.6 Å². The summed E-state index contributed by atoms with van der Waals surface area (Å²) in [6.07, 6.45) is 7.78. The van der Waals surface area contributed by atoms with Crippen LogP contribution in [0.3, 0.4) is 0 Å². The predicted molar refractivity (Wildman–Crippen MR) is 73.6 cm³/mol. The molecule has 0 aliphatic carbocycles. The van der Waals surface area contributed by atoms with Crippen molar-refractivity contribution in [2.45, 2.75) is 46.3 Å². The molecule has 0 aromatic carbocycles. The summed E-state index contributed by atoms with van der Waals surface area (Å²) in [5.74, 6) is 0.956. The van der Waals surface area contributed by atoms with Gasteiger partial charge in [0.05, 0.1) is 6.20 Å². The zero-order valence-electron chi connectivity index (χ0n) is 11.7. The van der Waals surface area contributed by atoms with Crippen molar-refractivity contribution in [1.82, 2.24) is 29.9 Å². The smallest absolute Gasteiger partial charge is 0.148 e. The zero-order valence-corrected chi connectivity index (χ0v) is 11.7. The number of hydrogen-bond acceptors (Lipinski definition) is 4. The van der Waals surface area contributed by atoms with Crippen molar-refractivity contribution >= 4 is 0 Å². The minimum atomic E-state index is 0.674. The van der Waals surface area contributed by atoms with Gasteiger partial charge in [-0.25, -0.2) is 9.67 Å². The molecule has 19 heavy (non-hydrogen) atoms. The van der Waals surface area contributed by atoms with Gasteiger partial charge >= 0.3 is 0 Å². The van der Waals surface area contributed by atoms with Crippen LogP contribution in [0.1, 0.15) is 38.1 Å². The van der Waals surface area contributed by atoms with Gasteiger partial charge in [-0.2, -0.15) is 10.2 Å². The first-order valence-corrected chi connectivity index (χ1v) is 6.92. The van der Waals surface area contributed by atoms with Gasteiger partial charge in [-0.05, 0) is 19.4 Å². The Morgan fingerprint density at radius 3 is 2.89 bits per heavy atom. The van der Waals surface area contributed by atoms with E-state index in [-0.39, 0.29) is 0 Å². The lowest BCUT2D eigenvalue weighted by atomic mass is 10.3. The fourth-order valence-corrected chi connectivity index (χ4v) is 1.95. The Hall–Kier alpha value is -1.69. The summed E-state index contributed by atoms with van der Waals surface area (Å²) in [5.41, 5.74) is 1.20. The molecule has 6 heteroatoms. The Balaban J connectivity index is 1.93. The molecule has 0 bridgehead atoms. The van der Waals surface area contributed by atoms with Gasteiger partial charge in [-0.3, -0.25) is 4.68 Å². The first-order valence-electron chi connectivity index (χ1n) is 6.92. The molecule has 104 valence electrons. The average molecular weight is 262 g/mol. The highest BCUT2D eigenvalue weighted by Crippen LogP contribution is 2.02. The number of aromatic nitrogens is 5. The van der Waals surface area contributed by atoms with E-state index >= 15 is 0 Å². The number of hydrogen-bond donors (Lipinski definition) is 1. The Labute approximate surface area is 113 Å². The molecule has 0 aliphatic heterocycles. The van der Waals surface area contributed by atoms with Crippen LogP contribution in [0.4, 0.5) is 0 Å². The van der Waals surface area contributed by atoms with Crippen molar-refractivity contribution in [3.8, 4) is 0 Å². The summed E-state index contributed by atoms with van der Waals surface area (Å²) in [6.45, 7) is 7.79. The van der Waals surface area contributed by atoms with E-state index in [1.807, 2.05) is 15.6 Å². The van der Waals surface area contributed by atoms with Crippen LogP contribution in [0.5, 0.6) is 0 Å². The quantitative estimate of drug-likeness (QED) is 0.731. The summed E-state index contributed by atoms with van der Waals surface area (Å²) in [6, 6.07) is 0. The van der Waals surface area contributed by atoms with E-state index in [0.29, 0.717) is 6.54 Å². The van der Waals surface area contributed by atoms with Gasteiger partial charge in [0, 0.05) is 24.8 Å². The summed E-state index contributed by atoms with van der Waals surface area (Å²) < 4.78 is 3.86. The zero-order chi connectivity index (χ0) is 13.5. The van der Waals surface area contributed by atoms with Crippen molar-refractivity contribution in [2.24, 2.45) is 0 Å². The molecule has 0 saturated heterocycles. The summed E-state index contributed by atoms with van der Waals surface area (Å²) >= 11 is 0. The third kappa shape index (κ3) is 3.89. The second-order valence-electron chi connectivity index (χ2n) is 4.62. The highest BCUT2D eigenvalue weighted by Gasteiger charge is 2.05. The van der Waals surface area contributed by atoms with E-state index in [4.69, 9.17) is 0 Å².